The van der Waals surface area contributed by atoms with E-state index in [0.717, 1.165) is 49.1 Å². The fourth-order valence-electron chi connectivity index (χ4n) is 2.79. The predicted octanol–water partition coefficient (Wildman–Crippen LogP) is 1.66. The standard InChI is InChI=1S/C15H21N5O/c1-21-13-7-3-2-6-12(13)14-17-15(19-18-14)20-8-4-5-11(9-16)10-20/h2-3,6-7,11H,4-5,8-10,16H2,1H3,(H,17,18,19). The lowest BCUT2D eigenvalue weighted by atomic mass is 9.99. The molecular formula is C15H21N5O. The lowest BCUT2D eigenvalue weighted by Gasteiger charge is -2.31. The van der Waals surface area contributed by atoms with Gasteiger partial charge in [-0.1, -0.05) is 12.1 Å². The molecule has 6 nitrogen and oxygen atoms in total. The Morgan fingerprint density at radius 2 is 2.29 bits per heavy atom. The highest BCUT2D eigenvalue weighted by atomic mass is 16.5. The van der Waals surface area contributed by atoms with Gasteiger partial charge in [-0.3, -0.25) is 5.10 Å². The number of nitrogens with one attached hydrogen (secondary N) is 1. The van der Waals surface area contributed by atoms with E-state index in [9.17, 15) is 0 Å². The molecular weight excluding hydrogens is 266 g/mol. The van der Waals surface area contributed by atoms with Crippen LogP contribution < -0.4 is 15.4 Å². The first-order valence-electron chi connectivity index (χ1n) is 7.32. The van der Waals surface area contributed by atoms with Crippen LogP contribution in [-0.4, -0.2) is 41.9 Å². The van der Waals surface area contributed by atoms with E-state index in [1.54, 1.807) is 7.11 Å². The number of aromatic amines is 1. The number of benzene rings is 1. The van der Waals surface area contributed by atoms with Gasteiger partial charge in [0, 0.05) is 13.1 Å². The number of anilines is 1. The fourth-order valence-corrected chi connectivity index (χ4v) is 2.79. The minimum absolute atomic E-state index is 0.534. The second-order valence-electron chi connectivity index (χ2n) is 5.37. The van der Waals surface area contributed by atoms with E-state index in [-0.39, 0.29) is 0 Å². The van der Waals surface area contributed by atoms with Gasteiger partial charge in [0.25, 0.3) is 0 Å². The van der Waals surface area contributed by atoms with Gasteiger partial charge >= 0.3 is 0 Å². The summed E-state index contributed by atoms with van der Waals surface area (Å²) in [6.45, 7) is 2.64. The molecule has 1 fully saturated rings. The molecule has 1 aliphatic rings. The maximum absolute atomic E-state index is 5.79. The lowest BCUT2D eigenvalue weighted by molar-refractivity contribution is 0.416. The summed E-state index contributed by atoms with van der Waals surface area (Å²) in [5.41, 5.74) is 6.71. The Hall–Kier alpha value is -2.08. The molecule has 3 N–H and O–H groups in total. The molecule has 0 amide bonds. The van der Waals surface area contributed by atoms with Crippen molar-refractivity contribution in [1.82, 2.24) is 15.2 Å². The van der Waals surface area contributed by atoms with Crippen LogP contribution in [0.4, 0.5) is 5.95 Å². The van der Waals surface area contributed by atoms with Crippen LogP contribution in [0.2, 0.25) is 0 Å². The summed E-state index contributed by atoms with van der Waals surface area (Å²) in [4.78, 5) is 6.82. The Morgan fingerprint density at radius 3 is 3.10 bits per heavy atom. The molecule has 1 aromatic heterocycles. The Labute approximate surface area is 124 Å². The van der Waals surface area contributed by atoms with Gasteiger partial charge in [-0.2, -0.15) is 4.98 Å². The van der Waals surface area contributed by atoms with E-state index >= 15 is 0 Å². The average molecular weight is 287 g/mol. The quantitative estimate of drug-likeness (QED) is 0.894. The average Bonchev–Trinajstić information content (AvgIpc) is 3.04. The fraction of sp³-hybridized carbons (Fsp3) is 0.467. The largest absolute Gasteiger partial charge is 0.496 e. The smallest absolute Gasteiger partial charge is 0.245 e. The molecule has 1 aromatic carbocycles. The highest BCUT2D eigenvalue weighted by Gasteiger charge is 2.22. The molecule has 2 heterocycles. The molecule has 1 unspecified atom stereocenters. The predicted molar refractivity (Wildman–Crippen MR) is 82.4 cm³/mol. The number of hydrogen-bond donors (Lipinski definition) is 2. The van der Waals surface area contributed by atoms with Gasteiger partial charge < -0.3 is 15.4 Å². The second kappa shape index (κ2) is 6.13. The SMILES string of the molecule is COc1ccccc1-c1nc(N2CCCC(CN)C2)n[nH]1. The molecule has 1 atom stereocenters. The van der Waals surface area contributed by atoms with Gasteiger partial charge in [0.1, 0.15) is 5.75 Å². The minimum Gasteiger partial charge on any atom is -0.496 e. The van der Waals surface area contributed by atoms with Crippen LogP contribution in [0, 0.1) is 5.92 Å². The zero-order valence-electron chi connectivity index (χ0n) is 12.2. The van der Waals surface area contributed by atoms with Crippen LogP contribution in [0.25, 0.3) is 11.4 Å². The Balaban J connectivity index is 1.83. The number of nitrogens with two attached hydrogens (primary N) is 1. The Morgan fingerprint density at radius 1 is 1.43 bits per heavy atom. The number of hydrogen-bond acceptors (Lipinski definition) is 5. The first kappa shape index (κ1) is 13.9. The number of H-pyrrole nitrogens is 1. The van der Waals surface area contributed by atoms with E-state index in [2.05, 4.69) is 20.1 Å². The molecule has 0 spiro atoms. The Bertz CT molecular complexity index is 597. The summed E-state index contributed by atoms with van der Waals surface area (Å²) in [5.74, 6) is 2.80. The highest BCUT2D eigenvalue weighted by molar-refractivity contribution is 5.64. The topological polar surface area (TPSA) is 80.1 Å². The van der Waals surface area contributed by atoms with Crippen molar-refractivity contribution in [1.29, 1.82) is 0 Å². The van der Waals surface area contributed by atoms with Crippen molar-refractivity contribution in [3.05, 3.63) is 24.3 Å². The minimum atomic E-state index is 0.534. The number of rotatable bonds is 4. The van der Waals surface area contributed by atoms with Crippen LogP contribution in [-0.2, 0) is 0 Å². The van der Waals surface area contributed by atoms with Gasteiger partial charge in [0.2, 0.25) is 5.95 Å². The third kappa shape index (κ3) is 2.85. The maximum atomic E-state index is 5.79. The molecule has 1 saturated heterocycles. The molecule has 0 bridgehead atoms. The molecule has 2 aromatic rings. The van der Waals surface area contributed by atoms with Crippen LogP contribution in [0.15, 0.2) is 24.3 Å². The number of ether oxygens (including phenoxy) is 1. The van der Waals surface area contributed by atoms with E-state index in [4.69, 9.17) is 10.5 Å². The summed E-state index contributed by atoms with van der Waals surface area (Å²) in [6.07, 6.45) is 2.33. The molecule has 3 rings (SSSR count). The third-order valence-corrected chi connectivity index (χ3v) is 3.97. The highest BCUT2D eigenvalue weighted by Crippen LogP contribution is 2.28. The van der Waals surface area contributed by atoms with Gasteiger partial charge in [-0.25, -0.2) is 0 Å². The third-order valence-electron chi connectivity index (χ3n) is 3.97. The summed E-state index contributed by atoms with van der Waals surface area (Å²) in [7, 11) is 1.66. The maximum Gasteiger partial charge on any atom is 0.245 e. The van der Waals surface area contributed by atoms with Crippen molar-refractivity contribution in [2.45, 2.75) is 12.8 Å². The van der Waals surface area contributed by atoms with Gasteiger partial charge in [-0.05, 0) is 37.4 Å². The van der Waals surface area contributed by atoms with Crippen molar-refractivity contribution in [3.63, 3.8) is 0 Å². The molecule has 0 saturated carbocycles. The van der Waals surface area contributed by atoms with Crippen molar-refractivity contribution < 1.29 is 4.74 Å². The van der Waals surface area contributed by atoms with E-state index in [1.165, 1.54) is 6.42 Å². The van der Waals surface area contributed by atoms with Crippen LogP contribution >= 0.6 is 0 Å². The summed E-state index contributed by atoms with van der Waals surface area (Å²) >= 11 is 0. The summed E-state index contributed by atoms with van der Waals surface area (Å²) < 4.78 is 5.37. The van der Waals surface area contributed by atoms with Crippen molar-refractivity contribution >= 4 is 5.95 Å². The van der Waals surface area contributed by atoms with Crippen molar-refractivity contribution in [2.24, 2.45) is 11.7 Å². The molecule has 112 valence electrons. The number of piperidine rings is 1. The number of methoxy groups -OCH3 is 1. The molecule has 1 aliphatic heterocycles. The summed E-state index contributed by atoms with van der Waals surface area (Å²) in [6, 6.07) is 7.80. The summed E-state index contributed by atoms with van der Waals surface area (Å²) in [5, 5.41) is 7.37. The zero-order chi connectivity index (χ0) is 14.7. The number of para-hydroxylation sites is 1. The van der Waals surface area contributed by atoms with Crippen molar-refractivity contribution in [2.75, 3.05) is 31.6 Å². The molecule has 21 heavy (non-hydrogen) atoms. The second-order valence-corrected chi connectivity index (χ2v) is 5.37. The molecule has 6 heteroatoms. The molecule has 0 aliphatic carbocycles. The van der Waals surface area contributed by atoms with Crippen LogP contribution in [0.3, 0.4) is 0 Å². The molecule has 0 radical (unpaired) electrons. The van der Waals surface area contributed by atoms with Crippen molar-refractivity contribution in [3.8, 4) is 17.1 Å². The van der Waals surface area contributed by atoms with Gasteiger partial charge in [-0.15, -0.1) is 5.10 Å². The first-order valence-corrected chi connectivity index (χ1v) is 7.32. The van der Waals surface area contributed by atoms with Gasteiger partial charge in [0.05, 0.1) is 12.7 Å². The zero-order valence-corrected chi connectivity index (χ0v) is 12.2. The van der Waals surface area contributed by atoms with E-state index in [1.807, 2.05) is 24.3 Å². The monoisotopic (exact) mass is 287 g/mol. The number of nitrogens with zero attached hydrogens (tertiary/aromatic N) is 3. The van der Waals surface area contributed by atoms with E-state index in [0.29, 0.717) is 5.92 Å². The Kier molecular flexibility index (Phi) is 4.06. The normalized spacial score (nSPS) is 18.8. The number of aromatic nitrogens is 3. The van der Waals surface area contributed by atoms with E-state index < -0.39 is 0 Å². The first-order chi connectivity index (χ1) is 10.3. The lowest BCUT2D eigenvalue weighted by Crippen LogP contribution is -2.38. The van der Waals surface area contributed by atoms with Gasteiger partial charge in [0.15, 0.2) is 5.82 Å². The van der Waals surface area contributed by atoms with Crippen LogP contribution in [0.1, 0.15) is 12.8 Å². The van der Waals surface area contributed by atoms with Crippen LogP contribution in [0.5, 0.6) is 5.75 Å².